The SMILES string of the molecule is CC1(C(=O)O)CCCCN1c1ccncc1Cl. The summed E-state index contributed by atoms with van der Waals surface area (Å²) >= 11 is 6.09. The first-order chi connectivity index (χ1) is 8.05. The van der Waals surface area contributed by atoms with Crippen LogP contribution in [0.5, 0.6) is 0 Å². The largest absolute Gasteiger partial charge is 0.480 e. The number of carboxylic acid groups (broad SMARTS) is 1. The number of piperidine rings is 1. The van der Waals surface area contributed by atoms with Gasteiger partial charge in [0.1, 0.15) is 5.54 Å². The van der Waals surface area contributed by atoms with Gasteiger partial charge in [-0.3, -0.25) is 4.98 Å². The van der Waals surface area contributed by atoms with Crippen LogP contribution >= 0.6 is 11.6 Å². The Hall–Kier alpha value is -1.29. The zero-order chi connectivity index (χ0) is 12.5. The van der Waals surface area contributed by atoms with Gasteiger partial charge in [-0.1, -0.05) is 11.6 Å². The predicted molar refractivity (Wildman–Crippen MR) is 66.5 cm³/mol. The second kappa shape index (κ2) is 4.53. The zero-order valence-electron chi connectivity index (χ0n) is 9.69. The van der Waals surface area contributed by atoms with Gasteiger partial charge in [0.15, 0.2) is 0 Å². The van der Waals surface area contributed by atoms with Crippen molar-refractivity contribution in [3.05, 3.63) is 23.5 Å². The molecule has 1 unspecified atom stereocenters. The van der Waals surface area contributed by atoms with E-state index >= 15 is 0 Å². The highest BCUT2D eigenvalue weighted by atomic mass is 35.5. The van der Waals surface area contributed by atoms with Crippen molar-refractivity contribution in [1.29, 1.82) is 0 Å². The number of halogens is 1. The van der Waals surface area contributed by atoms with E-state index in [2.05, 4.69) is 4.98 Å². The summed E-state index contributed by atoms with van der Waals surface area (Å²) in [5.74, 6) is -0.801. The molecule has 0 bridgehead atoms. The molecule has 1 N–H and O–H groups in total. The van der Waals surface area contributed by atoms with E-state index in [0.29, 0.717) is 18.0 Å². The van der Waals surface area contributed by atoms with Crippen molar-refractivity contribution in [2.45, 2.75) is 31.7 Å². The highest BCUT2D eigenvalue weighted by molar-refractivity contribution is 6.33. The van der Waals surface area contributed by atoms with Crippen molar-refractivity contribution in [3.8, 4) is 0 Å². The van der Waals surface area contributed by atoms with Crippen molar-refractivity contribution in [3.63, 3.8) is 0 Å². The van der Waals surface area contributed by atoms with Gasteiger partial charge in [-0.2, -0.15) is 0 Å². The van der Waals surface area contributed by atoms with Crippen LogP contribution in [0.4, 0.5) is 5.69 Å². The van der Waals surface area contributed by atoms with Crippen molar-refractivity contribution in [2.24, 2.45) is 0 Å². The Balaban J connectivity index is 2.42. The van der Waals surface area contributed by atoms with Crippen LogP contribution < -0.4 is 4.90 Å². The van der Waals surface area contributed by atoms with Gasteiger partial charge in [-0.15, -0.1) is 0 Å². The Kier molecular flexibility index (Phi) is 3.24. The molecule has 2 heterocycles. The van der Waals surface area contributed by atoms with Crippen molar-refractivity contribution in [2.75, 3.05) is 11.4 Å². The Labute approximate surface area is 105 Å². The van der Waals surface area contributed by atoms with Crippen LogP contribution in [0.1, 0.15) is 26.2 Å². The van der Waals surface area contributed by atoms with Gasteiger partial charge in [0.25, 0.3) is 0 Å². The molecule has 5 heteroatoms. The predicted octanol–water partition coefficient (Wildman–Crippen LogP) is 2.57. The molecular formula is C12H15ClN2O2. The van der Waals surface area contributed by atoms with E-state index in [1.165, 1.54) is 0 Å². The fourth-order valence-corrected chi connectivity index (χ4v) is 2.54. The third-order valence-electron chi connectivity index (χ3n) is 3.39. The number of hydrogen-bond acceptors (Lipinski definition) is 3. The van der Waals surface area contributed by atoms with E-state index in [1.54, 1.807) is 25.4 Å². The summed E-state index contributed by atoms with van der Waals surface area (Å²) in [6.45, 7) is 2.47. The van der Waals surface area contributed by atoms with E-state index in [9.17, 15) is 9.90 Å². The van der Waals surface area contributed by atoms with Crippen LogP contribution in [0.25, 0.3) is 0 Å². The summed E-state index contributed by atoms with van der Waals surface area (Å²) in [5.41, 5.74) is -0.116. The highest BCUT2D eigenvalue weighted by Crippen LogP contribution is 2.36. The molecule has 1 fully saturated rings. The van der Waals surface area contributed by atoms with Gasteiger partial charge < -0.3 is 10.0 Å². The molecule has 1 aliphatic rings. The minimum atomic E-state index is -0.872. The van der Waals surface area contributed by atoms with Crippen LogP contribution in [-0.4, -0.2) is 28.1 Å². The van der Waals surface area contributed by atoms with Gasteiger partial charge in [-0.05, 0) is 32.3 Å². The van der Waals surface area contributed by atoms with Crippen LogP contribution in [0.3, 0.4) is 0 Å². The second-order valence-electron chi connectivity index (χ2n) is 4.51. The summed E-state index contributed by atoms with van der Waals surface area (Å²) in [4.78, 5) is 17.3. The Morgan fingerprint density at radius 1 is 1.59 bits per heavy atom. The molecule has 1 aromatic heterocycles. The maximum atomic E-state index is 11.5. The monoisotopic (exact) mass is 254 g/mol. The molecule has 2 rings (SSSR count). The average molecular weight is 255 g/mol. The van der Waals surface area contributed by atoms with Gasteiger partial charge in [-0.25, -0.2) is 4.79 Å². The first kappa shape index (κ1) is 12.2. The molecule has 17 heavy (non-hydrogen) atoms. The molecule has 92 valence electrons. The van der Waals surface area contributed by atoms with Crippen molar-refractivity contribution >= 4 is 23.3 Å². The number of pyridine rings is 1. The van der Waals surface area contributed by atoms with Crippen LogP contribution in [0.2, 0.25) is 5.02 Å². The Morgan fingerprint density at radius 2 is 2.35 bits per heavy atom. The topological polar surface area (TPSA) is 53.4 Å². The van der Waals surface area contributed by atoms with Crippen LogP contribution in [0, 0.1) is 0 Å². The number of rotatable bonds is 2. The highest BCUT2D eigenvalue weighted by Gasteiger charge is 2.42. The zero-order valence-corrected chi connectivity index (χ0v) is 10.4. The number of nitrogens with zero attached hydrogens (tertiary/aromatic N) is 2. The molecule has 0 aromatic carbocycles. The van der Waals surface area contributed by atoms with Gasteiger partial charge in [0.2, 0.25) is 0 Å². The number of carbonyl (C=O) groups is 1. The standard InChI is InChI=1S/C12H15ClN2O2/c1-12(11(16)17)5-2-3-7-15(12)10-4-6-14-8-9(10)13/h4,6,8H,2-3,5,7H2,1H3,(H,16,17). The number of aliphatic carboxylic acids is 1. The second-order valence-corrected chi connectivity index (χ2v) is 4.92. The fourth-order valence-electron chi connectivity index (χ4n) is 2.32. The number of carboxylic acids is 1. The van der Waals surface area contributed by atoms with E-state index in [-0.39, 0.29) is 0 Å². The molecule has 0 saturated carbocycles. The summed E-state index contributed by atoms with van der Waals surface area (Å²) in [7, 11) is 0. The molecule has 1 atom stereocenters. The lowest BCUT2D eigenvalue weighted by Gasteiger charge is -2.43. The number of aromatic nitrogens is 1. The van der Waals surface area contributed by atoms with Gasteiger partial charge in [0, 0.05) is 18.9 Å². The summed E-state index contributed by atoms with van der Waals surface area (Å²) in [6.07, 6.45) is 5.75. The molecule has 0 aliphatic carbocycles. The van der Waals surface area contributed by atoms with Gasteiger partial charge >= 0.3 is 5.97 Å². The third-order valence-corrected chi connectivity index (χ3v) is 3.68. The van der Waals surface area contributed by atoms with Crippen LogP contribution in [-0.2, 0) is 4.79 Å². The Bertz CT molecular complexity index is 438. The maximum Gasteiger partial charge on any atom is 0.329 e. The Morgan fingerprint density at radius 3 is 3.00 bits per heavy atom. The summed E-state index contributed by atoms with van der Waals surface area (Å²) in [6, 6.07) is 1.77. The first-order valence-electron chi connectivity index (χ1n) is 5.66. The molecule has 1 saturated heterocycles. The smallest absolute Gasteiger partial charge is 0.329 e. The maximum absolute atomic E-state index is 11.5. The minimum Gasteiger partial charge on any atom is -0.480 e. The average Bonchev–Trinajstić information content (AvgIpc) is 2.31. The van der Waals surface area contributed by atoms with E-state index < -0.39 is 11.5 Å². The minimum absolute atomic E-state index is 0.502. The molecular weight excluding hydrogens is 240 g/mol. The molecule has 1 aromatic rings. The van der Waals surface area contributed by atoms with E-state index in [4.69, 9.17) is 11.6 Å². The number of hydrogen-bond donors (Lipinski definition) is 1. The van der Waals surface area contributed by atoms with Crippen molar-refractivity contribution < 1.29 is 9.90 Å². The molecule has 0 radical (unpaired) electrons. The lowest BCUT2D eigenvalue weighted by atomic mass is 9.88. The van der Waals surface area contributed by atoms with E-state index in [1.807, 2.05) is 4.90 Å². The van der Waals surface area contributed by atoms with Crippen molar-refractivity contribution in [1.82, 2.24) is 4.98 Å². The molecule has 1 aliphatic heterocycles. The molecule has 4 nitrogen and oxygen atoms in total. The fraction of sp³-hybridized carbons (Fsp3) is 0.500. The summed E-state index contributed by atoms with van der Waals surface area (Å²) < 4.78 is 0. The lowest BCUT2D eigenvalue weighted by Crippen LogP contribution is -2.55. The first-order valence-corrected chi connectivity index (χ1v) is 6.04. The lowest BCUT2D eigenvalue weighted by molar-refractivity contribution is -0.143. The third kappa shape index (κ3) is 2.09. The molecule has 0 amide bonds. The van der Waals surface area contributed by atoms with Gasteiger partial charge in [0.05, 0.1) is 10.7 Å². The molecule has 0 spiro atoms. The van der Waals surface area contributed by atoms with Crippen LogP contribution in [0.15, 0.2) is 18.5 Å². The number of anilines is 1. The van der Waals surface area contributed by atoms with E-state index in [0.717, 1.165) is 18.5 Å². The summed E-state index contributed by atoms with van der Waals surface area (Å²) in [5, 5.41) is 9.92. The quantitative estimate of drug-likeness (QED) is 0.881. The normalized spacial score (nSPS) is 24.7.